The smallest absolute Gasteiger partial charge is 0.259 e. The lowest BCUT2D eigenvalue weighted by Gasteiger charge is -2.20. The second-order valence-electron chi connectivity index (χ2n) is 8.14. The number of ether oxygens (including phenoxy) is 1. The predicted molar refractivity (Wildman–Crippen MR) is 118 cm³/mol. The minimum absolute atomic E-state index is 0.176. The molecule has 5 heteroatoms. The highest BCUT2D eigenvalue weighted by atomic mass is 16.5. The molecule has 0 aliphatic rings. The first-order valence-electron chi connectivity index (χ1n) is 10.3. The molecule has 0 aromatic heterocycles. The molecule has 2 amide bonds. The van der Waals surface area contributed by atoms with E-state index in [0.29, 0.717) is 29.2 Å². The van der Waals surface area contributed by atoms with Crippen LogP contribution in [-0.2, 0) is 0 Å². The summed E-state index contributed by atoms with van der Waals surface area (Å²) in [7, 11) is 0. The van der Waals surface area contributed by atoms with Gasteiger partial charge in [-0.1, -0.05) is 44.4 Å². The molecule has 5 nitrogen and oxygen atoms in total. The third kappa shape index (κ3) is 7.60. The Morgan fingerprint density at radius 3 is 2.41 bits per heavy atom. The van der Waals surface area contributed by atoms with Crippen LogP contribution in [0.2, 0.25) is 0 Å². The van der Waals surface area contributed by atoms with Crippen molar-refractivity contribution in [2.24, 2.45) is 0 Å². The van der Waals surface area contributed by atoms with Crippen LogP contribution in [0.25, 0.3) is 0 Å². The average molecular weight is 397 g/mol. The van der Waals surface area contributed by atoms with Gasteiger partial charge in [-0.25, -0.2) is 0 Å². The van der Waals surface area contributed by atoms with Gasteiger partial charge in [0.25, 0.3) is 11.8 Å². The first kappa shape index (κ1) is 22.5. The van der Waals surface area contributed by atoms with Gasteiger partial charge in [0.15, 0.2) is 0 Å². The van der Waals surface area contributed by atoms with Gasteiger partial charge >= 0.3 is 0 Å². The van der Waals surface area contributed by atoms with E-state index in [4.69, 9.17) is 4.74 Å². The van der Waals surface area contributed by atoms with Crippen LogP contribution in [-0.4, -0.2) is 24.0 Å². The van der Waals surface area contributed by atoms with E-state index in [2.05, 4.69) is 17.6 Å². The number of hydrogen-bond donors (Lipinski definition) is 2. The fourth-order valence-electron chi connectivity index (χ4n) is 2.84. The van der Waals surface area contributed by atoms with E-state index in [9.17, 15) is 9.59 Å². The second-order valence-corrected chi connectivity index (χ2v) is 8.14. The summed E-state index contributed by atoms with van der Waals surface area (Å²) in [6.45, 7) is 8.54. The molecule has 2 aromatic rings. The molecule has 0 saturated carbocycles. The minimum Gasteiger partial charge on any atom is -0.493 e. The van der Waals surface area contributed by atoms with Crippen LogP contribution in [0.4, 0.5) is 5.69 Å². The van der Waals surface area contributed by atoms with Gasteiger partial charge in [0.2, 0.25) is 0 Å². The van der Waals surface area contributed by atoms with Crippen LogP contribution in [0, 0.1) is 0 Å². The average Bonchev–Trinajstić information content (AvgIpc) is 2.67. The maximum absolute atomic E-state index is 12.8. The standard InChI is InChI=1S/C24H32N2O3/c1-5-6-7-10-16-29-21-15-9-8-14-20(21)23(28)25-19-13-11-12-18(17-19)22(27)26-24(2,3)4/h8-9,11-15,17H,5-7,10,16H2,1-4H3,(H,25,28)(H,26,27). The summed E-state index contributed by atoms with van der Waals surface area (Å²) in [5.74, 6) is 0.134. The molecule has 0 aliphatic carbocycles. The molecule has 0 bridgehead atoms. The number of unbranched alkanes of at least 4 members (excludes halogenated alkanes) is 3. The zero-order valence-electron chi connectivity index (χ0n) is 17.9. The number of benzene rings is 2. The van der Waals surface area contributed by atoms with Crippen LogP contribution < -0.4 is 15.4 Å². The molecule has 0 heterocycles. The van der Waals surface area contributed by atoms with Gasteiger partial charge in [-0.05, 0) is 57.5 Å². The highest BCUT2D eigenvalue weighted by molar-refractivity contribution is 6.06. The molecule has 0 unspecified atom stereocenters. The van der Waals surface area contributed by atoms with Gasteiger partial charge in [-0.3, -0.25) is 9.59 Å². The van der Waals surface area contributed by atoms with Gasteiger partial charge < -0.3 is 15.4 Å². The number of para-hydroxylation sites is 1. The van der Waals surface area contributed by atoms with E-state index in [0.717, 1.165) is 12.8 Å². The topological polar surface area (TPSA) is 67.4 Å². The van der Waals surface area contributed by atoms with Gasteiger partial charge in [-0.15, -0.1) is 0 Å². The molecule has 2 aromatic carbocycles. The number of rotatable bonds is 9. The van der Waals surface area contributed by atoms with Crippen molar-refractivity contribution in [3.8, 4) is 5.75 Å². The lowest BCUT2D eigenvalue weighted by molar-refractivity contribution is 0.0918. The molecule has 0 saturated heterocycles. The van der Waals surface area contributed by atoms with Crippen LogP contribution in [0.15, 0.2) is 48.5 Å². The van der Waals surface area contributed by atoms with Gasteiger partial charge in [-0.2, -0.15) is 0 Å². The monoisotopic (exact) mass is 396 g/mol. The van der Waals surface area contributed by atoms with E-state index in [1.54, 1.807) is 30.3 Å². The van der Waals surface area contributed by atoms with E-state index < -0.39 is 0 Å². The summed E-state index contributed by atoms with van der Waals surface area (Å²) in [5, 5.41) is 5.79. The first-order chi connectivity index (χ1) is 13.8. The highest BCUT2D eigenvalue weighted by Crippen LogP contribution is 2.21. The quantitative estimate of drug-likeness (QED) is 0.556. The molecular weight excluding hydrogens is 364 g/mol. The number of nitrogens with one attached hydrogen (secondary N) is 2. The van der Waals surface area contributed by atoms with E-state index >= 15 is 0 Å². The summed E-state index contributed by atoms with van der Waals surface area (Å²) < 4.78 is 5.83. The Morgan fingerprint density at radius 2 is 1.69 bits per heavy atom. The molecule has 156 valence electrons. The summed E-state index contributed by atoms with van der Waals surface area (Å²) in [6, 6.07) is 14.1. The zero-order chi connectivity index (χ0) is 21.3. The van der Waals surface area contributed by atoms with Crippen molar-refractivity contribution in [2.75, 3.05) is 11.9 Å². The van der Waals surface area contributed by atoms with E-state index in [1.807, 2.05) is 39.0 Å². The van der Waals surface area contributed by atoms with Crippen molar-refractivity contribution in [3.63, 3.8) is 0 Å². The van der Waals surface area contributed by atoms with Gasteiger partial charge in [0.1, 0.15) is 5.75 Å². The van der Waals surface area contributed by atoms with Crippen molar-refractivity contribution in [1.29, 1.82) is 0 Å². The number of carbonyl (C=O) groups is 2. The Hall–Kier alpha value is -2.82. The van der Waals surface area contributed by atoms with Crippen molar-refractivity contribution < 1.29 is 14.3 Å². The number of hydrogen-bond acceptors (Lipinski definition) is 3. The lowest BCUT2D eigenvalue weighted by atomic mass is 10.1. The molecule has 0 radical (unpaired) electrons. The Kier molecular flexibility index (Phi) is 8.25. The second kappa shape index (κ2) is 10.6. The molecule has 0 atom stereocenters. The summed E-state index contributed by atoms with van der Waals surface area (Å²) in [6.07, 6.45) is 4.44. The third-order valence-corrected chi connectivity index (χ3v) is 4.26. The summed E-state index contributed by atoms with van der Waals surface area (Å²) in [5.41, 5.74) is 1.21. The molecule has 0 aliphatic heterocycles. The maximum atomic E-state index is 12.8. The zero-order valence-corrected chi connectivity index (χ0v) is 17.9. The normalized spacial score (nSPS) is 11.0. The van der Waals surface area contributed by atoms with E-state index in [1.165, 1.54) is 12.8 Å². The number of amides is 2. The van der Waals surface area contributed by atoms with Crippen molar-refractivity contribution in [3.05, 3.63) is 59.7 Å². The first-order valence-corrected chi connectivity index (χ1v) is 10.3. The summed E-state index contributed by atoms with van der Waals surface area (Å²) >= 11 is 0. The van der Waals surface area contributed by atoms with E-state index in [-0.39, 0.29) is 17.4 Å². The van der Waals surface area contributed by atoms with Crippen LogP contribution in [0.5, 0.6) is 5.75 Å². The fourth-order valence-corrected chi connectivity index (χ4v) is 2.84. The molecule has 0 fully saturated rings. The SMILES string of the molecule is CCCCCCOc1ccccc1C(=O)Nc1cccc(C(=O)NC(C)(C)C)c1. The Bertz CT molecular complexity index is 825. The van der Waals surface area contributed by atoms with Crippen LogP contribution >= 0.6 is 0 Å². The van der Waals surface area contributed by atoms with Gasteiger partial charge in [0, 0.05) is 16.8 Å². The van der Waals surface area contributed by atoms with Crippen molar-refractivity contribution in [1.82, 2.24) is 5.32 Å². The van der Waals surface area contributed by atoms with Crippen molar-refractivity contribution in [2.45, 2.75) is 58.9 Å². The third-order valence-electron chi connectivity index (χ3n) is 4.26. The fraction of sp³-hybridized carbons (Fsp3) is 0.417. The highest BCUT2D eigenvalue weighted by Gasteiger charge is 2.17. The number of carbonyl (C=O) groups excluding carboxylic acids is 2. The molecule has 29 heavy (non-hydrogen) atoms. The predicted octanol–water partition coefficient (Wildman–Crippen LogP) is 5.43. The Balaban J connectivity index is 2.05. The van der Waals surface area contributed by atoms with Crippen LogP contribution in [0.3, 0.4) is 0 Å². The van der Waals surface area contributed by atoms with Gasteiger partial charge in [0.05, 0.1) is 12.2 Å². The molecule has 2 rings (SSSR count). The van der Waals surface area contributed by atoms with Crippen molar-refractivity contribution >= 4 is 17.5 Å². The Labute approximate surface area is 173 Å². The summed E-state index contributed by atoms with van der Waals surface area (Å²) in [4.78, 5) is 25.2. The Morgan fingerprint density at radius 1 is 0.931 bits per heavy atom. The minimum atomic E-state index is -0.330. The largest absolute Gasteiger partial charge is 0.493 e. The lowest BCUT2D eigenvalue weighted by Crippen LogP contribution is -2.40. The van der Waals surface area contributed by atoms with Crippen LogP contribution in [0.1, 0.15) is 74.1 Å². The molecule has 0 spiro atoms. The maximum Gasteiger partial charge on any atom is 0.259 e. The molecular formula is C24H32N2O3. The number of anilines is 1. The molecule has 2 N–H and O–H groups in total.